The predicted molar refractivity (Wildman–Crippen MR) is 95.3 cm³/mol. The van der Waals surface area contributed by atoms with Crippen molar-refractivity contribution >= 4 is 28.1 Å². The van der Waals surface area contributed by atoms with Gasteiger partial charge in [-0.15, -0.1) is 10.2 Å². The van der Waals surface area contributed by atoms with Gasteiger partial charge in [0, 0.05) is 19.0 Å². The smallest absolute Gasteiger partial charge is 0.323 e. The topological polar surface area (TPSA) is 78.4 Å². The first-order valence-electron chi connectivity index (χ1n) is 7.90. The van der Waals surface area contributed by atoms with E-state index in [9.17, 15) is 9.90 Å². The van der Waals surface area contributed by atoms with Gasteiger partial charge in [0.1, 0.15) is 10.8 Å². The molecule has 7 heteroatoms. The second-order valence-corrected chi connectivity index (χ2v) is 7.01. The van der Waals surface area contributed by atoms with Crippen molar-refractivity contribution < 1.29 is 9.90 Å². The first kappa shape index (κ1) is 16.4. The summed E-state index contributed by atoms with van der Waals surface area (Å²) in [4.78, 5) is 14.1. The Morgan fingerprint density at radius 1 is 1.29 bits per heavy atom. The summed E-state index contributed by atoms with van der Waals surface area (Å²) in [5, 5.41) is 21.7. The summed E-state index contributed by atoms with van der Waals surface area (Å²) in [6.45, 7) is 5.30. The minimum Gasteiger partial charge on any atom is -0.508 e. The molecule has 1 aromatic carbocycles. The van der Waals surface area contributed by atoms with Gasteiger partial charge in [-0.25, -0.2) is 4.79 Å². The summed E-state index contributed by atoms with van der Waals surface area (Å²) in [5.41, 5.74) is 2.27. The number of nitrogens with one attached hydrogen (secondary N) is 1. The van der Waals surface area contributed by atoms with Crippen LogP contribution in [0, 0.1) is 0 Å². The molecule has 0 unspecified atom stereocenters. The van der Waals surface area contributed by atoms with Crippen LogP contribution in [0.5, 0.6) is 5.75 Å². The Morgan fingerprint density at radius 2 is 2.04 bits per heavy atom. The third kappa shape index (κ3) is 3.73. The minimum absolute atomic E-state index is 0.150. The number of hydrogen-bond donors (Lipinski definition) is 2. The molecule has 2 heterocycles. The number of carbonyl (C=O) groups excluding carboxylic acids is 1. The molecule has 126 valence electrons. The number of nitrogens with zero attached hydrogens (tertiary/aromatic N) is 3. The van der Waals surface area contributed by atoms with Crippen molar-refractivity contribution in [1.82, 2.24) is 15.1 Å². The molecule has 0 saturated carbocycles. The van der Waals surface area contributed by atoms with Crippen LogP contribution in [0.25, 0.3) is 5.57 Å². The standard InChI is InChI=1S/C17H20N4O2S/c1-11(2)15-19-20-16(24-15)18-17(23)21-9-7-13(8-10-21)12-3-5-14(22)6-4-12/h3-7,11,22H,8-10H2,1-2H3,(H,18,20,23). The van der Waals surface area contributed by atoms with Crippen LogP contribution in [-0.4, -0.2) is 39.3 Å². The van der Waals surface area contributed by atoms with Crippen molar-refractivity contribution in [3.8, 4) is 5.75 Å². The van der Waals surface area contributed by atoms with E-state index in [2.05, 4.69) is 21.6 Å². The molecule has 1 aliphatic rings. The fraction of sp³-hybridized carbons (Fsp3) is 0.353. The summed E-state index contributed by atoms with van der Waals surface area (Å²) >= 11 is 1.41. The van der Waals surface area contributed by atoms with Gasteiger partial charge in [-0.1, -0.05) is 43.4 Å². The molecule has 24 heavy (non-hydrogen) atoms. The van der Waals surface area contributed by atoms with E-state index in [0.717, 1.165) is 17.0 Å². The van der Waals surface area contributed by atoms with Crippen molar-refractivity contribution in [2.24, 2.45) is 0 Å². The number of anilines is 1. The molecule has 0 aliphatic carbocycles. The largest absolute Gasteiger partial charge is 0.508 e. The summed E-state index contributed by atoms with van der Waals surface area (Å²) in [6.07, 6.45) is 2.83. The molecule has 1 aliphatic heterocycles. The highest BCUT2D eigenvalue weighted by atomic mass is 32.1. The van der Waals surface area contributed by atoms with E-state index in [1.165, 1.54) is 16.9 Å². The molecule has 0 saturated heterocycles. The summed E-state index contributed by atoms with van der Waals surface area (Å²) < 4.78 is 0. The van der Waals surface area contributed by atoms with E-state index < -0.39 is 0 Å². The highest BCUT2D eigenvalue weighted by Crippen LogP contribution is 2.25. The number of amides is 2. The molecule has 0 radical (unpaired) electrons. The Morgan fingerprint density at radius 3 is 2.62 bits per heavy atom. The fourth-order valence-electron chi connectivity index (χ4n) is 2.48. The first-order valence-corrected chi connectivity index (χ1v) is 8.72. The SMILES string of the molecule is CC(C)c1nnc(NC(=O)N2CC=C(c3ccc(O)cc3)CC2)s1. The number of benzene rings is 1. The van der Waals surface area contributed by atoms with Gasteiger partial charge in [-0.05, 0) is 29.7 Å². The Hall–Kier alpha value is -2.41. The molecule has 0 bridgehead atoms. The van der Waals surface area contributed by atoms with Crippen LogP contribution in [0.3, 0.4) is 0 Å². The number of phenols is 1. The van der Waals surface area contributed by atoms with Crippen molar-refractivity contribution in [3.63, 3.8) is 0 Å². The molecule has 2 amide bonds. The second kappa shape index (κ2) is 7.00. The van der Waals surface area contributed by atoms with Crippen LogP contribution in [0.15, 0.2) is 30.3 Å². The maximum atomic E-state index is 12.3. The third-order valence-corrected chi connectivity index (χ3v) is 5.02. The quantitative estimate of drug-likeness (QED) is 0.890. The van der Waals surface area contributed by atoms with E-state index in [4.69, 9.17) is 0 Å². The number of aromatic nitrogens is 2. The number of rotatable bonds is 3. The minimum atomic E-state index is -0.150. The van der Waals surface area contributed by atoms with Crippen LogP contribution >= 0.6 is 11.3 Å². The Balaban J connectivity index is 1.60. The second-order valence-electron chi connectivity index (χ2n) is 6.00. The lowest BCUT2D eigenvalue weighted by atomic mass is 9.99. The maximum absolute atomic E-state index is 12.3. The van der Waals surface area contributed by atoms with Gasteiger partial charge >= 0.3 is 6.03 Å². The number of phenolic OH excluding ortho intramolecular Hbond substituents is 1. The maximum Gasteiger partial charge on any atom is 0.323 e. The van der Waals surface area contributed by atoms with Crippen molar-refractivity contribution in [1.29, 1.82) is 0 Å². The molecular formula is C17H20N4O2S. The van der Waals surface area contributed by atoms with E-state index in [0.29, 0.717) is 24.1 Å². The summed E-state index contributed by atoms with van der Waals surface area (Å²) in [5.74, 6) is 0.563. The lowest BCUT2D eigenvalue weighted by molar-refractivity contribution is 0.217. The molecule has 3 rings (SSSR count). The molecule has 1 aromatic heterocycles. The van der Waals surface area contributed by atoms with E-state index in [-0.39, 0.29) is 11.8 Å². The normalized spacial score (nSPS) is 14.6. The highest BCUT2D eigenvalue weighted by Gasteiger charge is 2.19. The lowest BCUT2D eigenvalue weighted by Gasteiger charge is -2.26. The van der Waals surface area contributed by atoms with Crippen LogP contribution in [0.2, 0.25) is 0 Å². The van der Waals surface area contributed by atoms with Crippen LogP contribution in [-0.2, 0) is 0 Å². The van der Waals surface area contributed by atoms with Gasteiger partial charge in [0.15, 0.2) is 0 Å². The zero-order valence-electron chi connectivity index (χ0n) is 13.7. The molecule has 2 N–H and O–H groups in total. The van der Waals surface area contributed by atoms with Crippen LogP contribution < -0.4 is 5.32 Å². The number of hydrogen-bond acceptors (Lipinski definition) is 5. The zero-order chi connectivity index (χ0) is 17.1. The van der Waals surface area contributed by atoms with E-state index in [1.54, 1.807) is 17.0 Å². The van der Waals surface area contributed by atoms with E-state index >= 15 is 0 Å². The van der Waals surface area contributed by atoms with E-state index in [1.807, 2.05) is 26.0 Å². The first-order chi connectivity index (χ1) is 11.5. The van der Waals surface area contributed by atoms with Gasteiger partial charge in [0.2, 0.25) is 5.13 Å². The molecule has 6 nitrogen and oxygen atoms in total. The van der Waals surface area contributed by atoms with Crippen molar-refractivity contribution in [3.05, 3.63) is 40.9 Å². The fourth-order valence-corrected chi connectivity index (χ4v) is 3.22. The molecule has 0 fully saturated rings. The van der Waals surface area contributed by atoms with Crippen LogP contribution in [0.4, 0.5) is 9.93 Å². The number of aromatic hydroxyl groups is 1. The van der Waals surface area contributed by atoms with Crippen molar-refractivity contribution in [2.45, 2.75) is 26.2 Å². The average molecular weight is 344 g/mol. The molecule has 0 atom stereocenters. The Bertz CT molecular complexity index is 752. The van der Waals surface area contributed by atoms with Gasteiger partial charge in [-0.3, -0.25) is 5.32 Å². The summed E-state index contributed by atoms with van der Waals surface area (Å²) in [7, 11) is 0. The average Bonchev–Trinajstić information content (AvgIpc) is 3.04. The Kier molecular flexibility index (Phi) is 4.80. The summed E-state index contributed by atoms with van der Waals surface area (Å²) in [6, 6.07) is 6.99. The monoisotopic (exact) mass is 344 g/mol. The number of urea groups is 1. The highest BCUT2D eigenvalue weighted by molar-refractivity contribution is 7.15. The van der Waals surface area contributed by atoms with Gasteiger partial charge in [0.05, 0.1) is 0 Å². The van der Waals surface area contributed by atoms with Gasteiger partial charge in [-0.2, -0.15) is 0 Å². The lowest BCUT2D eigenvalue weighted by Crippen LogP contribution is -2.37. The van der Waals surface area contributed by atoms with Gasteiger partial charge in [0.25, 0.3) is 0 Å². The number of carbonyl (C=O) groups is 1. The van der Waals surface area contributed by atoms with Crippen LogP contribution in [0.1, 0.15) is 36.8 Å². The zero-order valence-corrected chi connectivity index (χ0v) is 14.5. The van der Waals surface area contributed by atoms with Gasteiger partial charge < -0.3 is 10.0 Å². The Labute approximate surface area is 144 Å². The van der Waals surface area contributed by atoms with Crippen molar-refractivity contribution in [2.75, 3.05) is 18.4 Å². The molecule has 0 spiro atoms. The molecular weight excluding hydrogens is 324 g/mol. The third-order valence-electron chi connectivity index (χ3n) is 3.88. The molecule has 2 aromatic rings. The predicted octanol–water partition coefficient (Wildman–Crippen LogP) is 3.69.